The quantitative estimate of drug-likeness (QED) is 0.290. The maximum Gasteiger partial charge on any atom is 0.135 e. The lowest BCUT2D eigenvalue weighted by molar-refractivity contribution is 0.256. The molecule has 0 aromatic carbocycles. The van der Waals surface area contributed by atoms with E-state index in [9.17, 15) is 0 Å². The van der Waals surface area contributed by atoms with Gasteiger partial charge in [-0.1, -0.05) is 0 Å². The first-order valence-electron chi connectivity index (χ1n) is 6.65. The fourth-order valence-electron chi connectivity index (χ4n) is 2.27. The molecular formula is C12H28N5P. The van der Waals surface area contributed by atoms with E-state index in [0.717, 1.165) is 0 Å². The molecule has 0 N–H and O–H groups in total. The molecule has 0 aromatic heterocycles. The minimum atomic E-state index is -0.970. The Labute approximate surface area is 113 Å². The third-order valence-corrected chi connectivity index (χ3v) is 5.56. The van der Waals surface area contributed by atoms with Gasteiger partial charge in [-0.05, 0) is 65.8 Å². The second kappa shape index (κ2) is 7.96. The molecule has 0 aromatic rings. The van der Waals surface area contributed by atoms with Crippen LogP contribution < -0.4 is 0 Å². The minimum Gasteiger partial charge on any atom is -0.260 e. The lowest BCUT2D eigenvalue weighted by atomic mass is 10.3. The highest BCUT2D eigenvalue weighted by Gasteiger charge is 2.31. The Bertz CT molecular complexity index is 248. The predicted molar refractivity (Wildman–Crippen MR) is 80.3 cm³/mol. The average molecular weight is 273 g/mol. The van der Waals surface area contributed by atoms with Gasteiger partial charge < -0.3 is 0 Å². The highest BCUT2D eigenvalue weighted by Crippen LogP contribution is 2.51. The summed E-state index contributed by atoms with van der Waals surface area (Å²) in [5.41, 5.74) is 8.88. The van der Waals surface area contributed by atoms with Gasteiger partial charge in [-0.25, -0.2) is 0 Å². The minimum absolute atomic E-state index is 0.363. The van der Waals surface area contributed by atoms with Crippen LogP contribution in [0, 0.1) is 0 Å². The molecule has 0 saturated carbocycles. The Kier molecular flexibility index (Phi) is 7.81. The van der Waals surface area contributed by atoms with Crippen LogP contribution in [-0.4, -0.2) is 33.5 Å². The molecule has 6 heteroatoms. The van der Waals surface area contributed by atoms with E-state index < -0.39 is 8.37 Å². The molecule has 18 heavy (non-hydrogen) atoms. The monoisotopic (exact) mass is 273 g/mol. The number of hydrogen-bond donors (Lipinski definition) is 0. The molecule has 0 bridgehead atoms. The summed E-state index contributed by atoms with van der Waals surface area (Å²) in [7, 11) is -0.970. The van der Waals surface area contributed by atoms with E-state index in [1.807, 2.05) is 0 Å². The van der Waals surface area contributed by atoms with E-state index in [-0.39, 0.29) is 0 Å². The van der Waals surface area contributed by atoms with Crippen LogP contribution in [0.2, 0.25) is 0 Å². The van der Waals surface area contributed by atoms with E-state index in [1.165, 1.54) is 0 Å². The highest BCUT2D eigenvalue weighted by atomic mass is 31.1. The van der Waals surface area contributed by atoms with Gasteiger partial charge in [-0.3, -0.25) is 9.34 Å². The van der Waals surface area contributed by atoms with Crippen molar-refractivity contribution in [2.75, 3.05) is 0 Å². The van der Waals surface area contributed by atoms with Crippen LogP contribution >= 0.6 is 8.37 Å². The lowest BCUT2D eigenvalue weighted by Gasteiger charge is -2.44. The van der Waals surface area contributed by atoms with Gasteiger partial charge in [0.05, 0.1) is 0 Å². The number of azide groups is 1. The molecule has 0 fully saturated rings. The van der Waals surface area contributed by atoms with Crippen molar-refractivity contribution in [3.63, 3.8) is 0 Å². The normalized spacial score (nSPS) is 12.6. The molecule has 0 saturated heterocycles. The van der Waals surface area contributed by atoms with Gasteiger partial charge in [-0.2, -0.15) is 0 Å². The van der Waals surface area contributed by atoms with Crippen molar-refractivity contribution in [2.24, 2.45) is 4.88 Å². The highest BCUT2D eigenvalue weighted by molar-refractivity contribution is 7.51. The molecule has 106 valence electrons. The van der Waals surface area contributed by atoms with Crippen molar-refractivity contribution >= 4 is 8.37 Å². The second-order valence-electron chi connectivity index (χ2n) is 5.58. The number of nitrogens with zero attached hydrogens (tertiary/aromatic N) is 5. The molecule has 0 aliphatic heterocycles. The Morgan fingerprint density at radius 1 is 0.778 bits per heavy atom. The van der Waals surface area contributed by atoms with Crippen molar-refractivity contribution in [1.82, 2.24) is 9.34 Å². The van der Waals surface area contributed by atoms with Crippen molar-refractivity contribution in [2.45, 2.75) is 79.6 Å². The predicted octanol–water partition coefficient (Wildman–Crippen LogP) is 4.76. The molecule has 0 rings (SSSR count). The topological polar surface area (TPSA) is 55.2 Å². The van der Waals surface area contributed by atoms with E-state index >= 15 is 0 Å². The van der Waals surface area contributed by atoms with E-state index in [2.05, 4.69) is 74.5 Å². The van der Waals surface area contributed by atoms with Gasteiger partial charge in [-0.15, -0.1) is 0 Å². The van der Waals surface area contributed by atoms with Crippen molar-refractivity contribution in [3.05, 3.63) is 10.4 Å². The van der Waals surface area contributed by atoms with E-state index in [0.29, 0.717) is 24.2 Å². The van der Waals surface area contributed by atoms with Gasteiger partial charge in [0.1, 0.15) is 8.37 Å². The van der Waals surface area contributed by atoms with E-state index in [1.54, 1.807) is 0 Å². The smallest absolute Gasteiger partial charge is 0.135 e. The second-order valence-corrected chi connectivity index (χ2v) is 7.22. The first kappa shape index (κ1) is 17.7. The van der Waals surface area contributed by atoms with Gasteiger partial charge >= 0.3 is 0 Å². The maximum absolute atomic E-state index is 8.88. The summed E-state index contributed by atoms with van der Waals surface area (Å²) >= 11 is 0. The zero-order valence-corrected chi connectivity index (χ0v) is 13.9. The summed E-state index contributed by atoms with van der Waals surface area (Å²) in [6.07, 6.45) is 0. The maximum atomic E-state index is 8.88. The Hall–Kier alpha value is -0.340. The Morgan fingerprint density at radius 3 is 1.22 bits per heavy atom. The van der Waals surface area contributed by atoms with Crippen LogP contribution in [0.1, 0.15) is 55.4 Å². The first-order chi connectivity index (χ1) is 8.23. The van der Waals surface area contributed by atoms with Gasteiger partial charge in [0.2, 0.25) is 0 Å². The molecule has 0 aliphatic carbocycles. The third kappa shape index (κ3) is 4.74. The zero-order chi connectivity index (χ0) is 14.5. The fraction of sp³-hybridized carbons (Fsp3) is 1.00. The van der Waals surface area contributed by atoms with Crippen molar-refractivity contribution in [3.8, 4) is 0 Å². The van der Waals surface area contributed by atoms with Gasteiger partial charge in [0, 0.05) is 29.1 Å². The number of hydrogen-bond acceptors (Lipinski definition) is 3. The van der Waals surface area contributed by atoms with Crippen molar-refractivity contribution < 1.29 is 0 Å². The lowest BCUT2D eigenvalue weighted by Crippen LogP contribution is -2.41. The molecule has 0 spiro atoms. The molecule has 0 amide bonds. The molecule has 0 atom stereocenters. The zero-order valence-electron chi connectivity index (χ0n) is 13.0. The number of rotatable bonds is 7. The van der Waals surface area contributed by atoms with E-state index in [4.69, 9.17) is 5.53 Å². The summed E-state index contributed by atoms with van der Waals surface area (Å²) in [5, 5.41) is 0. The summed E-state index contributed by atoms with van der Waals surface area (Å²) in [4.78, 5) is 7.18. The first-order valence-corrected chi connectivity index (χ1v) is 7.85. The summed E-state index contributed by atoms with van der Waals surface area (Å²) in [6, 6.07) is 1.45. The fourth-order valence-corrected chi connectivity index (χ4v) is 4.41. The summed E-state index contributed by atoms with van der Waals surface area (Å²) in [6.45, 7) is 17.2. The SMILES string of the molecule is CC(C)N(C(C)C)P(N=[N+]=[N-])N(C(C)C)C(C)C. The Balaban J connectivity index is 5.43. The van der Waals surface area contributed by atoms with Crippen LogP contribution in [0.25, 0.3) is 10.4 Å². The molecule has 0 aliphatic rings. The molecule has 0 heterocycles. The van der Waals surface area contributed by atoms with Crippen LogP contribution in [-0.2, 0) is 0 Å². The van der Waals surface area contributed by atoms with Crippen LogP contribution in [0.4, 0.5) is 0 Å². The van der Waals surface area contributed by atoms with Gasteiger partial charge in [0.15, 0.2) is 0 Å². The summed E-state index contributed by atoms with van der Waals surface area (Å²) < 4.78 is 4.63. The largest absolute Gasteiger partial charge is 0.260 e. The standard InChI is InChI=1S/C12H28N5P/c1-9(2)16(10(3)4)18(15-14-13)17(11(5)6)12(7)8/h9-12H,1-8H3. The average Bonchev–Trinajstić information content (AvgIpc) is 2.14. The van der Waals surface area contributed by atoms with Crippen LogP contribution in [0.5, 0.6) is 0 Å². The van der Waals surface area contributed by atoms with Crippen molar-refractivity contribution in [1.29, 1.82) is 0 Å². The molecule has 0 unspecified atom stereocenters. The third-order valence-electron chi connectivity index (χ3n) is 2.65. The molecule has 0 radical (unpaired) electrons. The van der Waals surface area contributed by atoms with Crippen LogP contribution in [0.15, 0.2) is 4.88 Å². The summed E-state index contributed by atoms with van der Waals surface area (Å²) in [5.74, 6) is 0. The molecule has 5 nitrogen and oxygen atoms in total. The van der Waals surface area contributed by atoms with Crippen LogP contribution in [0.3, 0.4) is 0 Å². The molecular weight excluding hydrogens is 245 g/mol. The van der Waals surface area contributed by atoms with Gasteiger partial charge in [0.25, 0.3) is 0 Å². The Morgan fingerprint density at radius 2 is 1.06 bits per heavy atom.